The summed E-state index contributed by atoms with van der Waals surface area (Å²) in [5.74, 6) is -0.957. The predicted octanol–water partition coefficient (Wildman–Crippen LogP) is 18.2. The van der Waals surface area contributed by atoms with Gasteiger partial charge in [-0.25, -0.2) is 0 Å². The summed E-state index contributed by atoms with van der Waals surface area (Å²) < 4.78 is 16.8. The van der Waals surface area contributed by atoms with Gasteiger partial charge >= 0.3 is 17.9 Å². The van der Waals surface area contributed by atoms with E-state index in [4.69, 9.17) is 14.2 Å². The molecule has 0 heterocycles. The first-order valence-electron chi connectivity index (χ1n) is 27.4. The normalized spacial score (nSPS) is 12.6. The Morgan fingerprint density at radius 3 is 1.03 bits per heavy atom. The first-order chi connectivity index (χ1) is 32.0. The van der Waals surface area contributed by atoms with Crippen LogP contribution < -0.4 is 0 Å². The molecule has 0 amide bonds. The monoisotopic (exact) mass is 907 g/mol. The first kappa shape index (κ1) is 61.9. The van der Waals surface area contributed by atoms with Crippen molar-refractivity contribution in [3.63, 3.8) is 0 Å². The number of hydrogen-bond acceptors (Lipinski definition) is 6. The van der Waals surface area contributed by atoms with Gasteiger partial charge < -0.3 is 14.2 Å². The van der Waals surface area contributed by atoms with Crippen molar-refractivity contribution >= 4 is 17.9 Å². The van der Waals surface area contributed by atoms with E-state index in [2.05, 4.69) is 93.7 Å². The predicted molar refractivity (Wildman–Crippen MR) is 279 cm³/mol. The highest BCUT2D eigenvalue weighted by atomic mass is 16.6. The van der Waals surface area contributed by atoms with Gasteiger partial charge in [0.2, 0.25) is 0 Å². The molecule has 0 aliphatic carbocycles. The van der Waals surface area contributed by atoms with E-state index in [0.717, 1.165) is 83.5 Å². The molecule has 0 aromatic heterocycles. The first-order valence-corrected chi connectivity index (χ1v) is 27.4. The lowest BCUT2D eigenvalue weighted by Crippen LogP contribution is -2.30. The average Bonchev–Trinajstić information content (AvgIpc) is 3.30. The molecule has 0 saturated carbocycles. The number of unbranched alkanes of at least 4 members (excludes halogenated alkanes) is 26. The van der Waals surface area contributed by atoms with E-state index in [1.165, 1.54) is 135 Å². The quantitative estimate of drug-likeness (QED) is 0.0262. The second kappa shape index (κ2) is 53.5. The maximum Gasteiger partial charge on any atom is 0.306 e. The summed E-state index contributed by atoms with van der Waals surface area (Å²) in [6, 6.07) is 0. The van der Waals surface area contributed by atoms with Gasteiger partial charge in [-0.05, 0) is 83.5 Å². The minimum Gasteiger partial charge on any atom is -0.462 e. The molecule has 0 bridgehead atoms. The molecule has 0 N–H and O–H groups in total. The molecule has 6 nitrogen and oxygen atoms in total. The minimum absolute atomic E-state index is 0.0955. The Kier molecular flexibility index (Phi) is 50.9. The van der Waals surface area contributed by atoms with E-state index < -0.39 is 6.10 Å². The molecule has 0 radical (unpaired) electrons. The van der Waals surface area contributed by atoms with Crippen LogP contribution in [0.3, 0.4) is 0 Å². The van der Waals surface area contributed by atoms with Crippen LogP contribution >= 0.6 is 0 Å². The number of allylic oxidation sites excluding steroid dienone is 12. The highest BCUT2D eigenvalue weighted by Crippen LogP contribution is 2.16. The number of carbonyl (C=O) groups is 3. The van der Waals surface area contributed by atoms with Crippen LogP contribution in [0.1, 0.15) is 265 Å². The van der Waals surface area contributed by atoms with E-state index in [9.17, 15) is 14.4 Å². The van der Waals surface area contributed by atoms with Crippen LogP contribution in [0.15, 0.2) is 72.9 Å². The van der Waals surface area contributed by atoms with Crippen molar-refractivity contribution in [2.45, 2.75) is 271 Å². The largest absolute Gasteiger partial charge is 0.462 e. The molecule has 0 aliphatic heterocycles. The SMILES string of the molecule is CC/C=C\C/C=C\C/C=C\C/C=C\C/C=C\CCCC(=O)OC[C@H](COC(=O)CCCCCCC/C=C\CCCCCC)OC(=O)CCCCCCCCCCCCCCCCCCC. The average molecular weight is 907 g/mol. The lowest BCUT2D eigenvalue weighted by Gasteiger charge is -2.18. The number of ether oxygens (including phenoxy) is 3. The van der Waals surface area contributed by atoms with E-state index in [0.29, 0.717) is 19.3 Å². The van der Waals surface area contributed by atoms with Gasteiger partial charge in [-0.2, -0.15) is 0 Å². The van der Waals surface area contributed by atoms with Gasteiger partial charge in [0.15, 0.2) is 6.10 Å². The van der Waals surface area contributed by atoms with Crippen LogP contribution in [0.2, 0.25) is 0 Å². The Labute approximate surface area is 402 Å². The van der Waals surface area contributed by atoms with Crippen LogP contribution in [-0.2, 0) is 28.6 Å². The van der Waals surface area contributed by atoms with Gasteiger partial charge in [-0.1, -0.05) is 235 Å². The van der Waals surface area contributed by atoms with E-state index in [-0.39, 0.29) is 37.5 Å². The molecule has 0 aromatic carbocycles. The van der Waals surface area contributed by atoms with Crippen LogP contribution in [0, 0.1) is 0 Å². The molecule has 6 heteroatoms. The lowest BCUT2D eigenvalue weighted by atomic mass is 10.0. The Bertz CT molecular complexity index is 1230. The molecule has 0 aromatic rings. The van der Waals surface area contributed by atoms with Crippen molar-refractivity contribution < 1.29 is 28.6 Å². The zero-order chi connectivity index (χ0) is 47.2. The highest BCUT2D eigenvalue weighted by Gasteiger charge is 2.19. The third-order valence-electron chi connectivity index (χ3n) is 11.7. The number of hydrogen-bond donors (Lipinski definition) is 0. The van der Waals surface area contributed by atoms with Gasteiger partial charge in [0.05, 0.1) is 0 Å². The molecule has 0 aliphatic rings. The summed E-state index contributed by atoms with van der Waals surface area (Å²) in [6.45, 7) is 6.47. The van der Waals surface area contributed by atoms with Crippen molar-refractivity contribution in [2.75, 3.05) is 13.2 Å². The van der Waals surface area contributed by atoms with Gasteiger partial charge in [-0.3, -0.25) is 14.4 Å². The van der Waals surface area contributed by atoms with Crippen molar-refractivity contribution in [3.8, 4) is 0 Å². The maximum absolute atomic E-state index is 12.8. The Balaban J connectivity index is 4.45. The molecular formula is C59H102O6. The summed E-state index contributed by atoms with van der Waals surface area (Å²) in [7, 11) is 0. The molecule has 1 atom stereocenters. The van der Waals surface area contributed by atoms with E-state index in [1.54, 1.807) is 0 Å². The van der Waals surface area contributed by atoms with Crippen LogP contribution in [0.4, 0.5) is 0 Å². The van der Waals surface area contributed by atoms with Crippen LogP contribution in [0.25, 0.3) is 0 Å². The van der Waals surface area contributed by atoms with Gasteiger partial charge in [0.25, 0.3) is 0 Å². The summed E-state index contributed by atoms with van der Waals surface area (Å²) in [5, 5.41) is 0. The summed E-state index contributed by atoms with van der Waals surface area (Å²) in [4.78, 5) is 38.0. The molecule has 374 valence electrons. The standard InChI is InChI=1S/C59H102O6/c1-4-7-10-13-16-19-22-25-27-29-31-34-37-40-43-46-49-52-58(61)64-55-56(54-63-57(60)51-48-45-42-39-36-33-24-21-18-15-12-9-6-3)65-59(62)53-50-47-44-41-38-35-32-30-28-26-23-20-17-14-11-8-5-2/h7,10,16,19,21,24-25,27,31,34,40,43,56H,4-6,8-9,11-15,17-18,20,22-23,26,28-30,32-33,35-39,41-42,44-55H2,1-3H3/b10-7-,19-16-,24-21-,27-25-,34-31-,43-40-/t56-/m0/s1. The summed E-state index contributed by atoms with van der Waals surface area (Å²) >= 11 is 0. The topological polar surface area (TPSA) is 78.9 Å². The molecule has 65 heavy (non-hydrogen) atoms. The molecule has 0 fully saturated rings. The fourth-order valence-electron chi connectivity index (χ4n) is 7.59. The number of carbonyl (C=O) groups excluding carboxylic acids is 3. The van der Waals surface area contributed by atoms with Crippen molar-refractivity contribution in [2.24, 2.45) is 0 Å². The molecular weight excluding hydrogens is 805 g/mol. The zero-order valence-electron chi connectivity index (χ0n) is 42.7. The van der Waals surface area contributed by atoms with Crippen LogP contribution in [-0.4, -0.2) is 37.2 Å². The summed E-state index contributed by atoms with van der Waals surface area (Å²) in [5.41, 5.74) is 0. The number of rotatable bonds is 49. The summed E-state index contributed by atoms with van der Waals surface area (Å²) in [6.07, 6.45) is 67.5. The Hall–Kier alpha value is -3.15. The van der Waals surface area contributed by atoms with E-state index >= 15 is 0 Å². The van der Waals surface area contributed by atoms with Crippen molar-refractivity contribution in [1.29, 1.82) is 0 Å². The van der Waals surface area contributed by atoms with Crippen molar-refractivity contribution in [1.82, 2.24) is 0 Å². The lowest BCUT2D eigenvalue weighted by molar-refractivity contribution is -0.167. The Morgan fingerprint density at radius 2 is 0.615 bits per heavy atom. The van der Waals surface area contributed by atoms with Crippen molar-refractivity contribution in [3.05, 3.63) is 72.9 Å². The fourth-order valence-corrected chi connectivity index (χ4v) is 7.59. The maximum atomic E-state index is 12.8. The molecule has 0 spiro atoms. The van der Waals surface area contributed by atoms with Gasteiger partial charge in [-0.15, -0.1) is 0 Å². The second-order valence-corrected chi connectivity index (χ2v) is 18.1. The molecule has 0 saturated heterocycles. The fraction of sp³-hybridized carbons (Fsp3) is 0.746. The van der Waals surface area contributed by atoms with E-state index in [1.807, 2.05) is 0 Å². The smallest absolute Gasteiger partial charge is 0.306 e. The molecule has 0 rings (SSSR count). The Morgan fingerprint density at radius 1 is 0.323 bits per heavy atom. The van der Waals surface area contributed by atoms with Crippen LogP contribution in [0.5, 0.6) is 0 Å². The van der Waals surface area contributed by atoms with Gasteiger partial charge in [0.1, 0.15) is 13.2 Å². The number of esters is 3. The highest BCUT2D eigenvalue weighted by molar-refractivity contribution is 5.71. The zero-order valence-corrected chi connectivity index (χ0v) is 42.7. The van der Waals surface area contributed by atoms with Gasteiger partial charge in [0, 0.05) is 19.3 Å². The minimum atomic E-state index is -0.799. The third-order valence-corrected chi connectivity index (χ3v) is 11.7. The third kappa shape index (κ3) is 51.7. The second-order valence-electron chi connectivity index (χ2n) is 18.1. The molecule has 0 unspecified atom stereocenters.